The Kier molecular flexibility index (Phi) is 4.35. The molecule has 0 N–H and O–H groups in total. The zero-order valence-corrected chi connectivity index (χ0v) is 13.2. The van der Waals surface area contributed by atoms with Crippen LogP contribution in [0.5, 0.6) is 11.6 Å². The van der Waals surface area contributed by atoms with Crippen LogP contribution in [0.25, 0.3) is 11.4 Å². The van der Waals surface area contributed by atoms with Gasteiger partial charge in [0.25, 0.3) is 5.69 Å². The minimum absolute atomic E-state index is 0.0304. The first kappa shape index (κ1) is 16.1. The summed E-state index contributed by atoms with van der Waals surface area (Å²) in [6.45, 7) is 1.79. The number of aryl methyl sites for hydroxylation is 1. The molecule has 1 heterocycles. The van der Waals surface area contributed by atoms with Crippen molar-refractivity contribution < 1.29 is 9.66 Å². The smallest absolute Gasteiger partial charge is 0.270 e. The van der Waals surface area contributed by atoms with Crippen LogP contribution in [0.1, 0.15) is 11.3 Å². The Morgan fingerprint density at radius 3 is 2.56 bits per heavy atom. The molecule has 0 bridgehead atoms. The molecule has 0 saturated carbocycles. The lowest BCUT2D eigenvalue weighted by Crippen LogP contribution is -1.97. The fourth-order valence-corrected chi connectivity index (χ4v) is 2.20. The summed E-state index contributed by atoms with van der Waals surface area (Å²) in [6.07, 6.45) is 0. The second kappa shape index (κ2) is 6.76. The molecule has 0 atom stereocenters. The van der Waals surface area contributed by atoms with Crippen molar-refractivity contribution in [3.63, 3.8) is 0 Å². The second-order valence-electron chi connectivity index (χ2n) is 5.22. The molecule has 7 heteroatoms. The quantitative estimate of drug-likeness (QED) is 0.528. The maximum Gasteiger partial charge on any atom is 0.270 e. The van der Waals surface area contributed by atoms with E-state index in [1.807, 2.05) is 6.07 Å². The van der Waals surface area contributed by atoms with Gasteiger partial charge in [-0.05, 0) is 31.2 Å². The molecule has 1 aromatic heterocycles. The molecule has 3 rings (SSSR count). The van der Waals surface area contributed by atoms with Gasteiger partial charge in [-0.15, -0.1) is 0 Å². The summed E-state index contributed by atoms with van der Waals surface area (Å²) in [6, 6.07) is 16.4. The molecular formula is C18H12N4O3. The summed E-state index contributed by atoms with van der Waals surface area (Å²) in [7, 11) is 0. The fourth-order valence-electron chi connectivity index (χ4n) is 2.20. The number of nitriles is 1. The number of ether oxygens (including phenoxy) is 1. The van der Waals surface area contributed by atoms with E-state index in [9.17, 15) is 10.1 Å². The predicted molar refractivity (Wildman–Crippen MR) is 90.1 cm³/mol. The van der Waals surface area contributed by atoms with E-state index in [0.717, 1.165) is 0 Å². The van der Waals surface area contributed by atoms with Gasteiger partial charge in [0.2, 0.25) is 5.88 Å². The van der Waals surface area contributed by atoms with Crippen molar-refractivity contribution in [3.05, 3.63) is 76.0 Å². The summed E-state index contributed by atoms with van der Waals surface area (Å²) in [4.78, 5) is 19.1. The van der Waals surface area contributed by atoms with E-state index in [1.54, 1.807) is 49.4 Å². The van der Waals surface area contributed by atoms with Crippen molar-refractivity contribution in [2.45, 2.75) is 6.92 Å². The van der Waals surface area contributed by atoms with E-state index in [0.29, 0.717) is 34.3 Å². The Balaban J connectivity index is 1.93. The van der Waals surface area contributed by atoms with E-state index in [2.05, 4.69) is 9.97 Å². The number of nitrogens with zero attached hydrogens (tertiary/aromatic N) is 4. The SMILES string of the molecule is Cc1cc(Oc2ccc(C#N)cc2)nc(-c2cccc([N+](=O)[O-])c2)n1. The molecule has 0 unspecified atom stereocenters. The molecule has 2 aromatic carbocycles. The van der Waals surface area contributed by atoms with Gasteiger partial charge in [-0.3, -0.25) is 10.1 Å². The highest BCUT2D eigenvalue weighted by molar-refractivity contribution is 5.59. The highest BCUT2D eigenvalue weighted by atomic mass is 16.6. The summed E-state index contributed by atoms with van der Waals surface area (Å²) in [5.41, 5.74) is 1.70. The summed E-state index contributed by atoms with van der Waals surface area (Å²) >= 11 is 0. The molecule has 0 spiro atoms. The topological polar surface area (TPSA) is 102 Å². The van der Waals surface area contributed by atoms with Gasteiger partial charge in [-0.2, -0.15) is 10.2 Å². The average molecular weight is 332 g/mol. The van der Waals surface area contributed by atoms with Crippen LogP contribution < -0.4 is 4.74 Å². The number of nitro groups is 1. The third kappa shape index (κ3) is 3.76. The van der Waals surface area contributed by atoms with E-state index < -0.39 is 4.92 Å². The fraction of sp³-hybridized carbons (Fsp3) is 0.0556. The number of hydrogen-bond acceptors (Lipinski definition) is 6. The molecule has 0 saturated heterocycles. The van der Waals surface area contributed by atoms with Gasteiger partial charge < -0.3 is 4.74 Å². The van der Waals surface area contributed by atoms with Gasteiger partial charge in [0.05, 0.1) is 16.6 Å². The number of non-ortho nitro benzene ring substituents is 1. The van der Waals surface area contributed by atoms with Gasteiger partial charge in [0.15, 0.2) is 5.82 Å². The highest BCUT2D eigenvalue weighted by Gasteiger charge is 2.11. The van der Waals surface area contributed by atoms with Crippen molar-refractivity contribution in [2.75, 3.05) is 0 Å². The first-order valence-electron chi connectivity index (χ1n) is 7.34. The highest BCUT2D eigenvalue weighted by Crippen LogP contribution is 2.25. The molecule has 3 aromatic rings. The number of nitro benzene ring substituents is 1. The number of benzene rings is 2. The number of rotatable bonds is 4. The third-order valence-corrected chi connectivity index (χ3v) is 3.35. The van der Waals surface area contributed by atoms with E-state index in [4.69, 9.17) is 10.00 Å². The lowest BCUT2D eigenvalue weighted by molar-refractivity contribution is -0.384. The van der Waals surface area contributed by atoms with Gasteiger partial charge >= 0.3 is 0 Å². The van der Waals surface area contributed by atoms with Gasteiger partial charge in [0.1, 0.15) is 5.75 Å². The lowest BCUT2D eigenvalue weighted by atomic mass is 10.2. The second-order valence-corrected chi connectivity index (χ2v) is 5.22. The predicted octanol–water partition coefficient (Wildman–Crippen LogP) is 4.02. The zero-order valence-electron chi connectivity index (χ0n) is 13.2. The van der Waals surface area contributed by atoms with Gasteiger partial charge in [0, 0.05) is 29.5 Å². The molecular weight excluding hydrogens is 320 g/mol. The minimum Gasteiger partial charge on any atom is -0.439 e. The zero-order chi connectivity index (χ0) is 17.8. The van der Waals surface area contributed by atoms with Gasteiger partial charge in [-0.1, -0.05) is 12.1 Å². The largest absolute Gasteiger partial charge is 0.439 e. The molecule has 7 nitrogen and oxygen atoms in total. The molecule has 122 valence electrons. The monoisotopic (exact) mass is 332 g/mol. The molecule has 0 aliphatic rings. The van der Waals surface area contributed by atoms with Crippen LogP contribution in [-0.2, 0) is 0 Å². The number of hydrogen-bond donors (Lipinski definition) is 0. The van der Waals surface area contributed by atoms with E-state index in [-0.39, 0.29) is 5.69 Å². The van der Waals surface area contributed by atoms with Crippen molar-refractivity contribution in [3.8, 4) is 29.1 Å². The van der Waals surface area contributed by atoms with Crippen LogP contribution in [0.15, 0.2) is 54.6 Å². The van der Waals surface area contributed by atoms with Crippen molar-refractivity contribution >= 4 is 5.69 Å². The first-order chi connectivity index (χ1) is 12.0. The van der Waals surface area contributed by atoms with Crippen molar-refractivity contribution in [1.82, 2.24) is 9.97 Å². The molecule has 0 amide bonds. The maximum absolute atomic E-state index is 10.9. The van der Waals surface area contributed by atoms with E-state index in [1.165, 1.54) is 12.1 Å². The summed E-state index contributed by atoms with van der Waals surface area (Å²) in [5.74, 6) is 1.19. The molecule has 0 radical (unpaired) electrons. The van der Waals surface area contributed by atoms with Crippen LogP contribution in [-0.4, -0.2) is 14.9 Å². The minimum atomic E-state index is -0.465. The van der Waals surface area contributed by atoms with Crippen LogP contribution in [0.3, 0.4) is 0 Å². The van der Waals surface area contributed by atoms with Gasteiger partial charge in [-0.25, -0.2) is 4.98 Å². The summed E-state index contributed by atoms with van der Waals surface area (Å²) < 4.78 is 5.70. The Hall–Kier alpha value is -3.79. The van der Waals surface area contributed by atoms with Crippen LogP contribution >= 0.6 is 0 Å². The molecule has 25 heavy (non-hydrogen) atoms. The Bertz CT molecular complexity index is 978. The Morgan fingerprint density at radius 1 is 1.12 bits per heavy atom. The summed E-state index contributed by atoms with van der Waals surface area (Å²) in [5, 5.41) is 19.7. The average Bonchev–Trinajstić information content (AvgIpc) is 2.62. The Morgan fingerprint density at radius 2 is 1.88 bits per heavy atom. The Labute approximate surface area is 143 Å². The van der Waals surface area contributed by atoms with Crippen molar-refractivity contribution in [1.29, 1.82) is 5.26 Å². The first-order valence-corrected chi connectivity index (χ1v) is 7.34. The standard InChI is InChI=1S/C18H12N4O3/c1-12-9-17(25-16-7-5-13(11-19)6-8-16)21-18(20-12)14-3-2-4-15(10-14)22(23)24/h2-10H,1H3. The molecule has 0 aliphatic heterocycles. The van der Waals surface area contributed by atoms with Crippen LogP contribution in [0, 0.1) is 28.4 Å². The number of aromatic nitrogens is 2. The van der Waals surface area contributed by atoms with Crippen molar-refractivity contribution in [2.24, 2.45) is 0 Å². The lowest BCUT2D eigenvalue weighted by Gasteiger charge is -2.08. The molecule has 0 fully saturated rings. The normalized spacial score (nSPS) is 10.1. The van der Waals surface area contributed by atoms with Crippen LogP contribution in [0.2, 0.25) is 0 Å². The van der Waals surface area contributed by atoms with Crippen LogP contribution in [0.4, 0.5) is 5.69 Å². The molecule has 0 aliphatic carbocycles. The maximum atomic E-state index is 10.9. The third-order valence-electron chi connectivity index (χ3n) is 3.35. The van der Waals surface area contributed by atoms with E-state index >= 15 is 0 Å².